The molecule has 1 aliphatic heterocycles. The molecule has 17 heavy (non-hydrogen) atoms. The van der Waals surface area contributed by atoms with Gasteiger partial charge in [-0.05, 0) is 25.3 Å². The van der Waals surface area contributed by atoms with E-state index in [0.717, 1.165) is 25.1 Å². The van der Waals surface area contributed by atoms with Gasteiger partial charge in [-0.1, -0.05) is 20.3 Å². The molecule has 0 unspecified atom stereocenters. The summed E-state index contributed by atoms with van der Waals surface area (Å²) in [5.74, 6) is 0.457. The third-order valence-corrected chi connectivity index (χ3v) is 3.75. The van der Waals surface area contributed by atoms with Crippen LogP contribution in [0.25, 0.3) is 0 Å². The molecule has 1 aromatic heterocycles. The van der Waals surface area contributed by atoms with Gasteiger partial charge in [0.05, 0.1) is 11.7 Å². The number of carbonyl (C=O) groups is 1. The van der Waals surface area contributed by atoms with Crippen LogP contribution in [0.3, 0.4) is 0 Å². The van der Waals surface area contributed by atoms with E-state index in [1.165, 1.54) is 17.8 Å². The smallest absolute Gasteiger partial charge is 0.243 e. The molecule has 2 rings (SSSR count). The predicted molar refractivity (Wildman–Crippen MR) is 70.5 cm³/mol. The second-order valence-electron chi connectivity index (χ2n) is 4.72. The number of amides is 1. The highest BCUT2D eigenvalue weighted by molar-refractivity contribution is 7.13. The lowest BCUT2D eigenvalue weighted by Crippen LogP contribution is -2.43. The summed E-state index contributed by atoms with van der Waals surface area (Å²) in [4.78, 5) is 16.3. The lowest BCUT2D eigenvalue weighted by atomic mass is 10.0. The van der Waals surface area contributed by atoms with Crippen molar-refractivity contribution in [1.29, 1.82) is 0 Å². The Bertz CT molecular complexity index is 383. The number of nitrogens with one attached hydrogen (secondary N) is 2. The van der Waals surface area contributed by atoms with Crippen molar-refractivity contribution in [3.05, 3.63) is 11.1 Å². The Kier molecular flexibility index (Phi) is 4.12. The minimum atomic E-state index is -0.0462. The summed E-state index contributed by atoms with van der Waals surface area (Å²) in [5.41, 5.74) is 1.04. The normalized spacial score (nSPS) is 20.5. The van der Waals surface area contributed by atoms with Gasteiger partial charge in [-0.25, -0.2) is 4.98 Å². The molecule has 0 radical (unpaired) electrons. The van der Waals surface area contributed by atoms with Gasteiger partial charge in [0.1, 0.15) is 0 Å². The first-order chi connectivity index (χ1) is 8.16. The predicted octanol–water partition coefficient (Wildman–Crippen LogP) is 2.35. The Morgan fingerprint density at radius 2 is 2.41 bits per heavy atom. The van der Waals surface area contributed by atoms with Crippen molar-refractivity contribution in [3.8, 4) is 0 Å². The molecule has 0 bridgehead atoms. The van der Waals surface area contributed by atoms with E-state index in [9.17, 15) is 4.79 Å². The van der Waals surface area contributed by atoms with E-state index in [4.69, 9.17) is 0 Å². The van der Waals surface area contributed by atoms with Crippen LogP contribution in [0.2, 0.25) is 0 Å². The molecule has 1 atom stereocenters. The highest BCUT2D eigenvalue weighted by atomic mass is 32.1. The topological polar surface area (TPSA) is 54.0 Å². The summed E-state index contributed by atoms with van der Waals surface area (Å²) in [6, 6.07) is -0.0462. The third-order valence-electron chi connectivity index (χ3n) is 2.97. The van der Waals surface area contributed by atoms with E-state index in [0.29, 0.717) is 11.0 Å². The fourth-order valence-electron chi connectivity index (χ4n) is 1.88. The molecule has 2 N–H and O–H groups in total. The Morgan fingerprint density at radius 1 is 1.59 bits per heavy atom. The summed E-state index contributed by atoms with van der Waals surface area (Å²) < 4.78 is 0. The Morgan fingerprint density at radius 3 is 3.00 bits per heavy atom. The van der Waals surface area contributed by atoms with Crippen molar-refractivity contribution < 1.29 is 4.79 Å². The number of thiazole rings is 1. The van der Waals surface area contributed by atoms with Gasteiger partial charge in [0.15, 0.2) is 5.13 Å². The standard InChI is InChI=1S/C12H19N3OS/c1-8(2)10-7-17-12(14-10)15-11(16)9-5-3-4-6-13-9/h7-9,13H,3-6H2,1-2H3,(H,14,15,16)/t9-/m0/s1. The van der Waals surface area contributed by atoms with Crippen LogP contribution in [0.15, 0.2) is 5.38 Å². The average Bonchev–Trinajstić information content (AvgIpc) is 2.79. The molecule has 1 aliphatic rings. The lowest BCUT2D eigenvalue weighted by molar-refractivity contribution is -0.118. The quantitative estimate of drug-likeness (QED) is 0.869. The molecule has 0 spiro atoms. The molecule has 2 heterocycles. The largest absolute Gasteiger partial charge is 0.306 e. The molecule has 1 saturated heterocycles. The maximum absolute atomic E-state index is 11.9. The summed E-state index contributed by atoms with van der Waals surface area (Å²) in [5, 5.41) is 8.85. The molecule has 0 aliphatic carbocycles. The van der Waals surface area contributed by atoms with Crippen LogP contribution in [-0.4, -0.2) is 23.5 Å². The van der Waals surface area contributed by atoms with Gasteiger partial charge in [0.2, 0.25) is 5.91 Å². The van der Waals surface area contributed by atoms with Gasteiger partial charge < -0.3 is 10.6 Å². The van der Waals surface area contributed by atoms with E-state index in [1.807, 2.05) is 5.38 Å². The maximum atomic E-state index is 11.9. The van der Waals surface area contributed by atoms with E-state index in [1.54, 1.807) is 0 Å². The number of piperidine rings is 1. The van der Waals surface area contributed by atoms with E-state index in [-0.39, 0.29) is 11.9 Å². The first-order valence-electron chi connectivity index (χ1n) is 6.16. The average molecular weight is 253 g/mol. The third kappa shape index (κ3) is 3.26. The number of hydrogen-bond acceptors (Lipinski definition) is 4. The molecule has 1 aromatic rings. The molecule has 4 nitrogen and oxygen atoms in total. The SMILES string of the molecule is CC(C)c1csc(NC(=O)[C@@H]2CCCCN2)n1. The minimum absolute atomic E-state index is 0.0462. The molecule has 0 saturated carbocycles. The van der Waals surface area contributed by atoms with Crippen LogP contribution in [0.5, 0.6) is 0 Å². The molecule has 5 heteroatoms. The zero-order chi connectivity index (χ0) is 12.3. The summed E-state index contributed by atoms with van der Waals surface area (Å²) in [6.07, 6.45) is 3.22. The first-order valence-corrected chi connectivity index (χ1v) is 7.04. The fourth-order valence-corrected chi connectivity index (χ4v) is 2.75. The van der Waals surface area contributed by atoms with Gasteiger partial charge in [0.25, 0.3) is 0 Å². The van der Waals surface area contributed by atoms with E-state index < -0.39 is 0 Å². The van der Waals surface area contributed by atoms with Gasteiger partial charge in [-0.3, -0.25) is 4.79 Å². The van der Waals surface area contributed by atoms with E-state index >= 15 is 0 Å². The van der Waals surface area contributed by atoms with Crippen LogP contribution in [-0.2, 0) is 4.79 Å². The van der Waals surface area contributed by atoms with Gasteiger partial charge in [0, 0.05) is 5.38 Å². The Labute approximate surface area is 106 Å². The Balaban J connectivity index is 1.92. The number of hydrogen-bond donors (Lipinski definition) is 2. The zero-order valence-electron chi connectivity index (χ0n) is 10.3. The first kappa shape index (κ1) is 12.5. The van der Waals surface area contributed by atoms with Crippen molar-refractivity contribution in [1.82, 2.24) is 10.3 Å². The second-order valence-corrected chi connectivity index (χ2v) is 5.58. The molecule has 1 amide bonds. The molecular formula is C12H19N3OS. The van der Waals surface area contributed by atoms with Crippen molar-refractivity contribution in [2.24, 2.45) is 0 Å². The van der Waals surface area contributed by atoms with Crippen LogP contribution in [0.4, 0.5) is 5.13 Å². The molecule has 94 valence electrons. The van der Waals surface area contributed by atoms with Gasteiger partial charge in [-0.15, -0.1) is 11.3 Å². The van der Waals surface area contributed by atoms with Gasteiger partial charge >= 0.3 is 0 Å². The van der Waals surface area contributed by atoms with Crippen molar-refractivity contribution in [2.45, 2.75) is 45.1 Å². The highest BCUT2D eigenvalue weighted by Gasteiger charge is 2.21. The maximum Gasteiger partial charge on any atom is 0.243 e. The van der Waals surface area contributed by atoms with Crippen LogP contribution in [0, 0.1) is 0 Å². The summed E-state index contributed by atoms with van der Waals surface area (Å²) >= 11 is 1.50. The highest BCUT2D eigenvalue weighted by Crippen LogP contribution is 2.21. The van der Waals surface area contributed by atoms with Crippen LogP contribution in [0.1, 0.15) is 44.7 Å². The fraction of sp³-hybridized carbons (Fsp3) is 0.667. The number of anilines is 1. The van der Waals surface area contributed by atoms with Crippen molar-refractivity contribution in [3.63, 3.8) is 0 Å². The van der Waals surface area contributed by atoms with E-state index in [2.05, 4.69) is 29.5 Å². The number of nitrogens with zero attached hydrogens (tertiary/aromatic N) is 1. The number of rotatable bonds is 3. The second kappa shape index (κ2) is 5.60. The lowest BCUT2D eigenvalue weighted by Gasteiger charge is -2.21. The zero-order valence-corrected chi connectivity index (χ0v) is 11.1. The molecule has 0 aromatic carbocycles. The number of carbonyl (C=O) groups excluding carboxylic acids is 1. The Hall–Kier alpha value is -0.940. The van der Waals surface area contributed by atoms with Crippen molar-refractivity contribution in [2.75, 3.05) is 11.9 Å². The van der Waals surface area contributed by atoms with Crippen molar-refractivity contribution >= 4 is 22.4 Å². The summed E-state index contributed by atoms with van der Waals surface area (Å²) in [6.45, 7) is 5.14. The summed E-state index contributed by atoms with van der Waals surface area (Å²) in [7, 11) is 0. The van der Waals surface area contributed by atoms with Crippen LogP contribution >= 0.6 is 11.3 Å². The monoisotopic (exact) mass is 253 g/mol. The number of aromatic nitrogens is 1. The molecule has 1 fully saturated rings. The van der Waals surface area contributed by atoms with Crippen LogP contribution < -0.4 is 10.6 Å². The minimum Gasteiger partial charge on any atom is -0.306 e. The van der Waals surface area contributed by atoms with Gasteiger partial charge in [-0.2, -0.15) is 0 Å². The molecular weight excluding hydrogens is 234 g/mol.